The van der Waals surface area contributed by atoms with Crippen molar-refractivity contribution in [2.75, 3.05) is 19.0 Å². The Labute approximate surface area is 104 Å². The molecule has 1 rings (SSSR count). The van der Waals surface area contributed by atoms with Gasteiger partial charge in [0.15, 0.2) is 5.69 Å². The van der Waals surface area contributed by atoms with Crippen LogP contribution in [0.1, 0.15) is 24.3 Å². The normalized spacial score (nSPS) is 10.3. The maximum Gasteiger partial charge on any atom is 0.358 e. The molecule has 0 atom stereocenters. The van der Waals surface area contributed by atoms with Crippen LogP contribution in [0.25, 0.3) is 0 Å². The zero-order chi connectivity index (χ0) is 12.1. The van der Waals surface area contributed by atoms with Gasteiger partial charge in [0.2, 0.25) is 0 Å². The van der Waals surface area contributed by atoms with Crippen molar-refractivity contribution in [3.63, 3.8) is 0 Å². The quantitative estimate of drug-likeness (QED) is 0.865. The second-order valence-corrected chi connectivity index (χ2v) is 4.62. The maximum absolute atomic E-state index is 11.7. The topological polar surface area (TPSA) is 51.2 Å². The molecule has 0 aliphatic rings. The molecule has 0 saturated heterocycles. The van der Waals surface area contributed by atoms with Crippen LogP contribution in [0.3, 0.4) is 0 Å². The number of carbonyl (C=O) groups excluding carboxylic acids is 1. The van der Waals surface area contributed by atoms with Crippen LogP contribution >= 0.6 is 15.9 Å². The van der Waals surface area contributed by atoms with Gasteiger partial charge < -0.3 is 10.1 Å². The molecular weight excluding hydrogens is 272 g/mol. The molecule has 0 bridgehead atoms. The van der Waals surface area contributed by atoms with Crippen molar-refractivity contribution in [2.24, 2.45) is 5.92 Å². The molecule has 1 aromatic heterocycles. The summed E-state index contributed by atoms with van der Waals surface area (Å²) in [4.78, 5) is 15.8. The number of carbonyl (C=O) groups is 1. The van der Waals surface area contributed by atoms with Crippen LogP contribution < -0.4 is 5.32 Å². The molecule has 16 heavy (non-hydrogen) atoms. The van der Waals surface area contributed by atoms with Gasteiger partial charge in [-0.25, -0.2) is 9.78 Å². The average molecular weight is 287 g/mol. The van der Waals surface area contributed by atoms with Crippen molar-refractivity contribution >= 4 is 27.7 Å². The number of esters is 1. The van der Waals surface area contributed by atoms with Gasteiger partial charge in [-0.15, -0.1) is 0 Å². The molecule has 0 aliphatic heterocycles. The standard InChI is InChI=1S/C11H15BrN2O2/c1-7(2)6-16-11(15)10-8(12)4-5-9(13-3)14-10/h4-5,7H,6H2,1-3H3,(H,13,14). The van der Waals surface area contributed by atoms with Crippen molar-refractivity contribution in [3.05, 3.63) is 22.3 Å². The number of pyridine rings is 1. The highest BCUT2D eigenvalue weighted by Gasteiger charge is 2.14. The van der Waals surface area contributed by atoms with Crippen molar-refractivity contribution in [2.45, 2.75) is 13.8 Å². The number of aromatic nitrogens is 1. The summed E-state index contributed by atoms with van der Waals surface area (Å²) in [6, 6.07) is 3.55. The third-order valence-electron chi connectivity index (χ3n) is 1.84. The maximum atomic E-state index is 11.7. The Bertz CT molecular complexity index is 380. The number of hydrogen-bond acceptors (Lipinski definition) is 4. The second-order valence-electron chi connectivity index (χ2n) is 3.77. The van der Waals surface area contributed by atoms with Crippen molar-refractivity contribution < 1.29 is 9.53 Å². The molecule has 0 saturated carbocycles. The molecule has 1 aromatic rings. The molecular formula is C11H15BrN2O2. The third kappa shape index (κ3) is 3.48. The summed E-state index contributed by atoms with van der Waals surface area (Å²) < 4.78 is 5.75. The van der Waals surface area contributed by atoms with E-state index in [0.29, 0.717) is 28.5 Å². The Balaban J connectivity index is 2.81. The van der Waals surface area contributed by atoms with E-state index in [0.717, 1.165) is 0 Å². The fourth-order valence-corrected chi connectivity index (χ4v) is 1.42. The average Bonchev–Trinajstić information content (AvgIpc) is 2.26. The van der Waals surface area contributed by atoms with Gasteiger partial charge in [0.1, 0.15) is 5.82 Å². The van der Waals surface area contributed by atoms with E-state index in [2.05, 4.69) is 26.2 Å². The number of ether oxygens (including phenoxy) is 1. The molecule has 0 unspecified atom stereocenters. The lowest BCUT2D eigenvalue weighted by molar-refractivity contribution is 0.0451. The summed E-state index contributed by atoms with van der Waals surface area (Å²) in [5, 5.41) is 2.87. The van der Waals surface area contributed by atoms with Crippen molar-refractivity contribution in [3.8, 4) is 0 Å². The molecule has 88 valence electrons. The monoisotopic (exact) mass is 286 g/mol. The smallest absolute Gasteiger partial charge is 0.358 e. The minimum absolute atomic E-state index is 0.299. The minimum Gasteiger partial charge on any atom is -0.461 e. The van der Waals surface area contributed by atoms with E-state index in [9.17, 15) is 4.79 Å². The summed E-state index contributed by atoms with van der Waals surface area (Å²) in [5.74, 6) is 0.549. The second kappa shape index (κ2) is 5.84. The number of nitrogens with one attached hydrogen (secondary N) is 1. The molecule has 0 fully saturated rings. The highest BCUT2D eigenvalue weighted by atomic mass is 79.9. The Hall–Kier alpha value is -1.10. The zero-order valence-corrected chi connectivity index (χ0v) is 11.2. The lowest BCUT2D eigenvalue weighted by Gasteiger charge is -2.08. The molecule has 0 radical (unpaired) electrons. The van der Waals surface area contributed by atoms with Crippen LogP contribution in [0.5, 0.6) is 0 Å². The van der Waals surface area contributed by atoms with Gasteiger partial charge in [-0.3, -0.25) is 0 Å². The highest BCUT2D eigenvalue weighted by molar-refractivity contribution is 9.10. The molecule has 1 N–H and O–H groups in total. The van der Waals surface area contributed by atoms with Crippen LogP contribution in [0.4, 0.5) is 5.82 Å². The molecule has 4 nitrogen and oxygen atoms in total. The van der Waals surface area contributed by atoms with Gasteiger partial charge >= 0.3 is 5.97 Å². The summed E-state index contributed by atoms with van der Waals surface area (Å²) >= 11 is 3.28. The van der Waals surface area contributed by atoms with Gasteiger partial charge in [-0.05, 0) is 34.0 Å². The molecule has 1 heterocycles. The van der Waals surface area contributed by atoms with E-state index < -0.39 is 5.97 Å². The molecule has 0 aliphatic carbocycles. The van der Waals surface area contributed by atoms with E-state index in [4.69, 9.17) is 4.74 Å². The molecule has 0 aromatic carbocycles. The largest absolute Gasteiger partial charge is 0.461 e. The molecule has 0 amide bonds. The van der Waals surface area contributed by atoms with Crippen LogP contribution in [-0.4, -0.2) is 24.6 Å². The van der Waals surface area contributed by atoms with E-state index >= 15 is 0 Å². The summed E-state index contributed by atoms with van der Waals surface area (Å²) in [6.07, 6.45) is 0. The van der Waals surface area contributed by atoms with Crippen molar-refractivity contribution in [1.29, 1.82) is 0 Å². The first-order valence-corrected chi connectivity index (χ1v) is 5.85. The SMILES string of the molecule is CNc1ccc(Br)c(C(=O)OCC(C)C)n1. The predicted octanol–water partition coefficient (Wildman–Crippen LogP) is 2.70. The first-order chi connectivity index (χ1) is 7.54. The van der Waals surface area contributed by atoms with Gasteiger partial charge in [0, 0.05) is 7.05 Å². The van der Waals surface area contributed by atoms with Crippen molar-refractivity contribution in [1.82, 2.24) is 4.98 Å². The third-order valence-corrected chi connectivity index (χ3v) is 2.48. The van der Waals surface area contributed by atoms with Crippen LogP contribution in [0.15, 0.2) is 16.6 Å². The number of halogens is 1. The Morgan fingerprint density at radius 1 is 1.56 bits per heavy atom. The lowest BCUT2D eigenvalue weighted by Crippen LogP contribution is -2.13. The van der Waals surface area contributed by atoms with E-state index in [-0.39, 0.29) is 0 Å². The number of hydrogen-bond donors (Lipinski definition) is 1. The van der Waals surface area contributed by atoms with E-state index in [1.54, 1.807) is 19.2 Å². The number of rotatable bonds is 4. The van der Waals surface area contributed by atoms with Crippen LogP contribution in [0, 0.1) is 5.92 Å². The van der Waals surface area contributed by atoms with E-state index in [1.165, 1.54) is 0 Å². The summed E-state index contributed by atoms with van der Waals surface area (Å²) in [6.45, 7) is 4.37. The fraction of sp³-hybridized carbons (Fsp3) is 0.455. The predicted molar refractivity (Wildman–Crippen MR) is 66.6 cm³/mol. The highest BCUT2D eigenvalue weighted by Crippen LogP contribution is 2.18. The Kier molecular flexibility index (Phi) is 4.73. The van der Waals surface area contributed by atoms with Gasteiger partial charge in [-0.2, -0.15) is 0 Å². The van der Waals surface area contributed by atoms with Crippen LogP contribution in [-0.2, 0) is 4.74 Å². The summed E-state index contributed by atoms with van der Waals surface area (Å²) in [7, 11) is 1.75. The van der Waals surface area contributed by atoms with E-state index in [1.807, 2.05) is 13.8 Å². The molecule has 0 spiro atoms. The minimum atomic E-state index is -0.405. The first-order valence-electron chi connectivity index (χ1n) is 5.06. The van der Waals surface area contributed by atoms with Gasteiger partial charge in [0.05, 0.1) is 11.1 Å². The zero-order valence-electron chi connectivity index (χ0n) is 9.58. The molecule has 5 heteroatoms. The Morgan fingerprint density at radius 3 is 2.81 bits per heavy atom. The number of anilines is 1. The fourth-order valence-electron chi connectivity index (χ4n) is 1.04. The first kappa shape index (κ1) is 13.0. The van der Waals surface area contributed by atoms with Crippen LogP contribution in [0.2, 0.25) is 0 Å². The van der Waals surface area contributed by atoms with Gasteiger partial charge in [0.25, 0.3) is 0 Å². The Morgan fingerprint density at radius 2 is 2.25 bits per heavy atom. The lowest BCUT2D eigenvalue weighted by atomic mass is 10.2. The summed E-state index contributed by atoms with van der Waals surface area (Å²) in [5.41, 5.74) is 0.299. The number of nitrogens with zero attached hydrogens (tertiary/aromatic N) is 1. The van der Waals surface area contributed by atoms with Gasteiger partial charge in [-0.1, -0.05) is 13.8 Å².